The Morgan fingerprint density at radius 1 is 0.971 bits per heavy atom. The third kappa shape index (κ3) is 4.97. The number of aryl methyl sites for hydroxylation is 2. The molecule has 1 N–H and O–H groups in total. The largest absolute Gasteiger partial charge is 0.497 e. The zero-order valence-corrected chi connectivity index (χ0v) is 21.0. The maximum atomic E-state index is 12.9. The van der Waals surface area contributed by atoms with E-state index in [-0.39, 0.29) is 5.91 Å². The summed E-state index contributed by atoms with van der Waals surface area (Å²) in [6, 6.07) is 24.2. The Hall–Kier alpha value is -3.26. The van der Waals surface area contributed by atoms with E-state index in [0.717, 1.165) is 55.9 Å². The van der Waals surface area contributed by atoms with Gasteiger partial charge in [-0.3, -0.25) is 4.79 Å². The van der Waals surface area contributed by atoms with E-state index < -0.39 is 0 Å². The molecule has 0 aliphatic heterocycles. The molecule has 6 heteroatoms. The first-order valence-electron chi connectivity index (χ1n) is 11.2. The summed E-state index contributed by atoms with van der Waals surface area (Å²) in [5.74, 6) is 1.31. The molecule has 0 bridgehead atoms. The van der Waals surface area contributed by atoms with Crippen LogP contribution in [0.5, 0.6) is 5.75 Å². The highest BCUT2D eigenvalue weighted by Gasteiger charge is 2.23. The SMILES string of the molecule is COc1ccc2c(c1)CCc1nc(NC(=O)Cc3ccc(I)cc3)c(Cc3ccccc3)nc1-2. The fourth-order valence-electron chi connectivity index (χ4n) is 4.26. The normalized spacial score (nSPS) is 11.9. The van der Waals surface area contributed by atoms with E-state index in [1.807, 2.05) is 48.5 Å². The lowest BCUT2D eigenvalue weighted by Crippen LogP contribution is -2.20. The highest BCUT2D eigenvalue weighted by molar-refractivity contribution is 14.1. The number of methoxy groups -OCH3 is 1. The van der Waals surface area contributed by atoms with Gasteiger partial charge in [0.15, 0.2) is 5.82 Å². The van der Waals surface area contributed by atoms with Crippen LogP contribution in [0.15, 0.2) is 72.8 Å². The summed E-state index contributed by atoms with van der Waals surface area (Å²) in [4.78, 5) is 22.9. The van der Waals surface area contributed by atoms with Gasteiger partial charge in [0.25, 0.3) is 0 Å². The zero-order chi connectivity index (χ0) is 23.5. The number of carbonyl (C=O) groups excluding carboxylic acids is 1. The van der Waals surface area contributed by atoms with Crippen LogP contribution in [0.3, 0.4) is 0 Å². The first kappa shape index (κ1) is 22.5. The molecule has 0 spiro atoms. The van der Waals surface area contributed by atoms with E-state index in [0.29, 0.717) is 18.7 Å². The molecule has 0 unspecified atom stereocenters. The van der Waals surface area contributed by atoms with Crippen molar-refractivity contribution in [2.45, 2.75) is 25.7 Å². The maximum absolute atomic E-state index is 12.9. The Morgan fingerprint density at radius 3 is 2.53 bits per heavy atom. The van der Waals surface area contributed by atoms with Gasteiger partial charge in [-0.15, -0.1) is 0 Å². The molecule has 34 heavy (non-hydrogen) atoms. The second kappa shape index (κ2) is 9.93. The molecule has 5 nitrogen and oxygen atoms in total. The standard InChI is InChI=1S/C28H24IN3O2/c1-34-22-12-13-23-20(17-22)9-14-24-27(23)30-25(15-18-5-3-2-4-6-18)28(31-24)32-26(33)16-19-7-10-21(29)11-8-19/h2-8,10-13,17H,9,14-16H2,1H3,(H,31,32,33). The molecule has 4 aromatic rings. The summed E-state index contributed by atoms with van der Waals surface area (Å²) in [5.41, 5.74) is 6.96. The predicted octanol–water partition coefficient (Wildman–Crippen LogP) is 5.63. The van der Waals surface area contributed by atoms with E-state index >= 15 is 0 Å². The van der Waals surface area contributed by atoms with E-state index in [9.17, 15) is 4.79 Å². The molecule has 0 atom stereocenters. The number of hydrogen-bond acceptors (Lipinski definition) is 4. The zero-order valence-electron chi connectivity index (χ0n) is 18.8. The number of ether oxygens (including phenoxy) is 1. The van der Waals surface area contributed by atoms with Crippen LogP contribution >= 0.6 is 22.6 Å². The summed E-state index contributed by atoms with van der Waals surface area (Å²) in [5, 5.41) is 3.05. The Morgan fingerprint density at radius 2 is 1.76 bits per heavy atom. The summed E-state index contributed by atoms with van der Waals surface area (Å²) >= 11 is 2.26. The smallest absolute Gasteiger partial charge is 0.229 e. The molecule has 1 aromatic heterocycles. The number of nitrogens with zero attached hydrogens (tertiary/aromatic N) is 2. The van der Waals surface area contributed by atoms with Crippen molar-refractivity contribution in [3.05, 3.63) is 104 Å². The van der Waals surface area contributed by atoms with Crippen molar-refractivity contribution < 1.29 is 9.53 Å². The van der Waals surface area contributed by atoms with Crippen LogP contribution in [0, 0.1) is 3.57 Å². The second-order valence-corrected chi connectivity index (χ2v) is 9.60. The average Bonchev–Trinajstić information content (AvgIpc) is 2.86. The monoisotopic (exact) mass is 561 g/mol. The van der Waals surface area contributed by atoms with Gasteiger partial charge in [-0.2, -0.15) is 0 Å². The van der Waals surface area contributed by atoms with E-state index in [4.69, 9.17) is 14.7 Å². The summed E-state index contributed by atoms with van der Waals surface area (Å²) < 4.78 is 6.55. The second-order valence-electron chi connectivity index (χ2n) is 8.35. The van der Waals surface area contributed by atoms with Gasteiger partial charge in [0.05, 0.1) is 30.6 Å². The summed E-state index contributed by atoms with van der Waals surface area (Å²) in [7, 11) is 1.68. The van der Waals surface area contributed by atoms with Gasteiger partial charge in [-0.25, -0.2) is 9.97 Å². The van der Waals surface area contributed by atoms with Crippen LogP contribution in [-0.4, -0.2) is 23.0 Å². The lowest BCUT2D eigenvalue weighted by molar-refractivity contribution is -0.115. The predicted molar refractivity (Wildman–Crippen MR) is 142 cm³/mol. The van der Waals surface area contributed by atoms with Gasteiger partial charge < -0.3 is 10.1 Å². The number of nitrogens with one attached hydrogen (secondary N) is 1. The number of fused-ring (bicyclic) bond motifs is 3. The third-order valence-corrected chi connectivity index (χ3v) is 6.71. The van der Waals surface area contributed by atoms with Crippen molar-refractivity contribution in [2.75, 3.05) is 12.4 Å². The Balaban J connectivity index is 1.50. The topological polar surface area (TPSA) is 64.1 Å². The third-order valence-electron chi connectivity index (χ3n) is 5.99. The molecule has 1 amide bonds. The van der Waals surface area contributed by atoms with Crippen LogP contribution < -0.4 is 10.1 Å². The summed E-state index contributed by atoms with van der Waals surface area (Å²) in [6.45, 7) is 0. The molecule has 1 aliphatic carbocycles. The summed E-state index contributed by atoms with van der Waals surface area (Å²) in [6.07, 6.45) is 2.52. The van der Waals surface area contributed by atoms with Crippen LogP contribution in [-0.2, 0) is 30.5 Å². The van der Waals surface area contributed by atoms with E-state index in [2.05, 4.69) is 52.2 Å². The molecule has 1 aliphatic rings. The minimum atomic E-state index is -0.0919. The van der Waals surface area contributed by atoms with Gasteiger partial charge in [-0.1, -0.05) is 42.5 Å². The lowest BCUT2D eigenvalue weighted by atomic mass is 9.91. The Bertz CT molecular complexity index is 1340. The number of amides is 1. The number of carbonyl (C=O) groups is 1. The highest BCUT2D eigenvalue weighted by Crippen LogP contribution is 2.35. The van der Waals surface area contributed by atoms with Crippen LogP contribution in [0.2, 0.25) is 0 Å². The molecule has 1 heterocycles. The van der Waals surface area contributed by atoms with Crippen LogP contribution in [0.1, 0.15) is 28.1 Å². The number of rotatable bonds is 6. The van der Waals surface area contributed by atoms with Crippen molar-refractivity contribution in [1.29, 1.82) is 0 Å². The highest BCUT2D eigenvalue weighted by atomic mass is 127. The fourth-order valence-corrected chi connectivity index (χ4v) is 4.62. The number of halogens is 1. The molecule has 0 saturated heterocycles. The molecule has 0 fully saturated rings. The number of aromatic nitrogens is 2. The maximum Gasteiger partial charge on any atom is 0.229 e. The van der Waals surface area contributed by atoms with Gasteiger partial charge in [-0.05, 0) is 82.5 Å². The molecule has 5 rings (SSSR count). The molecular formula is C28H24IN3O2. The van der Waals surface area contributed by atoms with Crippen molar-refractivity contribution >= 4 is 34.3 Å². The van der Waals surface area contributed by atoms with Crippen molar-refractivity contribution in [3.8, 4) is 17.0 Å². The first-order valence-corrected chi connectivity index (χ1v) is 12.3. The number of anilines is 1. The average molecular weight is 561 g/mol. The quantitative estimate of drug-likeness (QED) is 0.310. The molecular weight excluding hydrogens is 537 g/mol. The van der Waals surface area contributed by atoms with E-state index in [1.54, 1.807) is 7.11 Å². The van der Waals surface area contributed by atoms with Crippen molar-refractivity contribution in [3.63, 3.8) is 0 Å². The van der Waals surface area contributed by atoms with Crippen molar-refractivity contribution in [1.82, 2.24) is 9.97 Å². The Labute approximate surface area is 212 Å². The number of hydrogen-bond donors (Lipinski definition) is 1. The lowest BCUT2D eigenvalue weighted by Gasteiger charge is -2.21. The molecule has 0 radical (unpaired) electrons. The molecule has 0 saturated carbocycles. The number of benzene rings is 3. The Kier molecular flexibility index (Phi) is 6.58. The van der Waals surface area contributed by atoms with Gasteiger partial charge >= 0.3 is 0 Å². The fraction of sp³-hybridized carbons (Fsp3) is 0.179. The van der Waals surface area contributed by atoms with Crippen LogP contribution in [0.25, 0.3) is 11.3 Å². The van der Waals surface area contributed by atoms with Crippen LogP contribution in [0.4, 0.5) is 5.82 Å². The van der Waals surface area contributed by atoms with Gasteiger partial charge in [0.1, 0.15) is 5.75 Å². The first-order chi connectivity index (χ1) is 16.6. The van der Waals surface area contributed by atoms with Gasteiger partial charge in [0, 0.05) is 15.6 Å². The molecule has 170 valence electrons. The molecule has 3 aromatic carbocycles. The minimum absolute atomic E-state index is 0.0919. The van der Waals surface area contributed by atoms with Gasteiger partial charge in [0.2, 0.25) is 5.91 Å². The minimum Gasteiger partial charge on any atom is -0.497 e. The van der Waals surface area contributed by atoms with Crippen molar-refractivity contribution in [2.24, 2.45) is 0 Å². The van der Waals surface area contributed by atoms with E-state index in [1.165, 1.54) is 5.56 Å².